The maximum absolute atomic E-state index is 11.2. The summed E-state index contributed by atoms with van der Waals surface area (Å²) >= 11 is 0. The molecule has 0 atom stereocenters. The van der Waals surface area contributed by atoms with Gasteiger partial charge in [-0.05, 0) is 6.42 Å². The molecule has 0 bridgehead atoms. The summed E-state index contributed by atoms with van der Waals surface area (Å²) < 4.78 is 5.02. The zero-order valence-electron chi connectivity index (χ0n) is 13.9. The van der Waals surface area contributed by atoms with Gasteiger partial charge in [0.1, 0.15) is 6.54 Å². The predicted molar refractivity (Wildman–Crippen MR) is 86.1 cm³/mol. The van der Waals surface area contributed by atoms with Crippen molar-refractivity contribution in [1.29, 1.82) is 0 Å². The number of carbonyl (C=O) groups is 2. The number of hydrogen-bond donors (Lipinski definition) is 1. The Morgan fingerprint density at radius 2 is 1.29 bits per heavy atom. The van der Waals surface area contributed by atoms with Crippen LogP contribution in [-0.2, 0) is 14.3 Å². The molecule has 124 valence electrons. The molecule has 21 heavy (non-hydrogen) atoms. The lowest BCUT2D eigenvalue weighted by molar-refractivity contribution is -0.143. The fraction of sp³-hybridized carbons (Fsp3) is 0.882. The number of nitrogens with one attached hydrogen (secondary N) is 1. The van der Waals surface area contributed by atoms with Gasteiger partial charge in [0.2, 0.25) is 5.91 Å². The van der Waals surface area contributed by atoms with Crippen molar-refractivity contribution in [3.8, 4) is 0 Å². The van der Waals surface area contributed by atoms with E-state index >= 15 is 0 Å². The lowest BCUT2D eigenvalue weighted by Gasteiger charge is -2.05. The Balaban J connectivity index is 3.12. The van der Waals surface area contributed by atoms with E-state index in [1.807, 2.05) is 0 Å². The summed E-state index contributed by atoms with van der Waals surface area (Å²) in [6.07, 6.45) is 14.1. The molecule has 0 aromatic rings. The number of esters is 1. The van der Waals surface area contributed by atoms with Crippen molar-refractivity contribution >= 4 is 11.9 Å². The average molecular weight is 299 g/mol. The molecule has 0 aliphatic heterocycles. The van der Waals surface area contributed by atoms with E-state index in [9.17, 15) is 9.59 Å². The Morgan fingerprint density at radius 1 is 0.810 bits per heavy atom. The lowest BCUT2D eigenvalue weighted by atomic mass is 10.1. The summed E-state index contributed by atoms with van der Waals surface area (Å²) in [7, 11) is 0. The topological polar surface area (TPSA) is 55.4 Å². The van der Waals surface area contributed by atoms with Gasteiger partial charge in [0.25, 0.3) is 0 Å². The number of ether oxygens (including phenoxy) is 1. The Labute approximate surface area is 130 Å². The van der Waals surface area contributed by atoms with E-state index in [1.54, 1.807) is 0 Å². The van der Waals surface area contributed by atoms with E-state index in [1.165, 1.54) is 64.7 Å². The van der Waals surface area contributed by atoms with Gasteiger partial charge in [-0.2, -0.15) is 0 Å². The van der Waals surface area contributed by atoms with Crippen molar-refractivity contribution in [3.05, 3.63) is 0 Å². The highest BCUT2D eigenvalue weighted by Crippen LogP contribution is 2.11. The number of hydrogen-bond acceptors (Lipinski definition) is 3. The molecule has 0 heterocycles. The van der Waals surface area contributed by atoms with Crippen LogP contribution in [0.5, 0.6) is 0 Å². The average Bonchev–Trinajstić information content (AvgIpc) is 2.46. The van der Waals surface area contributed by atoms with E-state index in [2.05, 4.69) is 12.2 Å². The van der Waals surface area contributed by atoms with E-state index in [0.29, 0.717) is 6.61 Å². The number of carbonyl (C=O) groups excluding carboxylic acids is 2. The van der Waals surface area contributed by atoms with Crippen LogP contribution in [0.1, 0.15) is 84.5 Å². The fourth-order valence-electron chi connectivity index (χ4n) is 2.20. The monoisotopic (exact) mass is 299 g/mol. The smallest absolute Gasteiger partial charge is 0.325 e. The van der Waals surface area contributed by atoms with Gasteiger partial charge in [-0.25, -0.2) is 0 Å². The highest BCUT2D eigenvalue weighted by Gasteiger charge is 2.02. The zero-order chi connectivity index (χ0) is 15.8. The SMILES string of the molecule is CCCCCCCCCCCCCOC(=O)CNC(C)=O. The van der Waals surface area contributed by atoms with Crippen LogP contribution < -0.4 is 5.32 Å². The molecule has 0 saturated carbocycles. The Morgan fingerprint density at radius 3 is 1.76 bits per heavy atom. The molecule has 0 fully saturated rings. The summed E-state index contributed by atoms with van der Waals surface area (Å²) in [5.74, 6) is -0.557. The Hall–Kier alpha value is -1.06. The van der Waals surface area contributed by atoms with Crippen LogP contribution in [-0.4, -0.2) is 25.0 Å². The first kappa shape index (κ1) is 19.9. The van der Waals surface area contributed by atoms with Crippen molar-refractivity contribution < 1.29 is 14.3 Å². The molecule has 0 spiro atoms. The molecule has 0 aliphatic carbocycles. The van der Waals surface area contributed by atoms with E-state index in [-0.39, 0.29) is 18.4 Å². The summed E-state index contributed by atoms with van der Waals surface area (Å²) in [6.45, 7) is 4.08. The highest BCUT2D eigenvalue weighted by molar-refractivity contribution is 5.80. The second kappa shape index (κ2) is 15.3. The van der Waals surface area contributed by atoms with Gasteiger partial charge in [0.05, 0.1) is 6.61 Å². The van der Waals surface area contributed by atoms with Crippen LogP contribution in [0.3, 0.4) is 0 Å². The minimum atomic E-state index is -0.350. The molecular formula is C17H33NO3. The fourth-order valence-corrected chi connectivity index (χ4v) is 2.20. The van der Waals surface area contributed by atoms with Crippen LogP contribution in [0.15, 0.2) is 0 Å². The van der Waals surface area contributed by atoms with Gasteiger partial charge in [0.15, 0.2) is 0 Å². The summed E-state index contributed by atoms with van der Waals surface area (Å²) in [5.41, 5.74) is 0. The van der Waals surface area contributed by atoms with Gasteiger partial charge >= 0.3 is 5.97 Å². The normalized spacial score (nSPS) is 10.4. The number of unbranched alkanes of at least 4 members (excludes halogenated alkanes) is 10. The van der Waals surface area contributed by atoms with Crippen LogP contribution in [0.2, 0.25) is 0 Å². The van der Waals surface area contributed by atoms with Crippen molar-refractivity contribution in [2.45, 2.75) is 84.5 Å². The van der Waals surface area contributed by atoms with Gasteiger partial charge < -0.3 is 10.1 Å². The van der Waals surface area contributed by atoms with Crippen LogP contribution in [0.4, 0.5) is 0 Å². The largest absolute Gasteiger partial charge is 0.464 e. The Kier molecular flexibility index (Phi) is 14.6. The third kappa shape index (κ3) is 16.9. The zero-order valence-corrected chi connectivity index (χ0v) is 13.9. The van der Waals surface area contributed by atoms with Crippen molar-refractivity contribution in [2.24, 2.45) is 0 Å². The molecule has 1 amide bonds. The van der Waals surface area contributed by atoms with E-state index in [4.69, 9.17) is 4.74 Å². The molecule has 0 aliphatic rings. The van der Waals surface area contributed by atoms with E-state index < -0.39 is 0 Å². The minimum Gasteiger partial charge on any atom is -0.464 e. The third-order valence-electron chi connectivity index (χ3n) is 3.49. The molecular weight excluding hydrogens is 266 g/mol. The highest BCUT2D eigenvalue weighted by atomic mass is 16.5. The summed E-state index contributed by atoms with van der Waals surface area (Å²) in [5, 5.41) is 2.43. The molecule has 0 saturated heterocycles. The number of amides is 1. The Bertz CT molecular complexity index is 267. The minimum absolute atomic E-state index is 0.0205. The van der Waals surface area contributed by atoms with Gasteiger partial charge in [0, 0.05) is 6.92 Å². The van der Waals surface area contributed by atoms with Crippen molar-refractivity contribution in [2.75, 3.05) is 13.2 Å². The van der Waals surface area contributed by atoms with Gasteiger partial charge in [-0.1, -0.05) is 71.1 Å². The molecule has 4 heteroatoms. The van der Waals surface area contributed by atoms with Gasteiger partial charge in [-0.3, -0.25) is 9.59 Å². The van der Waals surface area contributed by atoms with Crippen LogP contribution in [0.25, 0.3) is 0 Å². The maximum Gasteiger partial charge on any atom is 0.325 e. The molecule has 0 aromatic carbocycles. The predicted octanol–water partition coefficient (Wildman–Crippen LogP) is 3.98. The molecule has 1 N–H and O–H groups in total. The first-order valence-corrected chi connectivity index (χ1v) is 8.57. The second-order valence-electron chi connectivity index (χ2n) is 5.67. The lowest BCUT2D eigenvalue weighted by Crippen LogP contribution is -2.28. The van der Waals surface area contributed by atoms with Gasteiger partial charge in [-0.15, -0.1) is 0 Å². The first-order chi connectivity index (χ1) is 10.2. The summed E-state index contributed by atoms with van der Waals surface area (Å²) in [6, 6.07) is 0. The van der Waals surface area contributed by atoms with Crippen molar-refractivity contribution in [1.82, 2.24) is 5.32 Å². The quantitative estimate of drug-likeness (QED) is 0.390. The standard InChI is InChI=1S/C17H33NO3/c1-3-4-5-6-7-8-9-10-11-12-13-14-21-17(20)15-18-16(2)19/h3-15H2,1-2H3,(H,18,19). The molecule has 0 unspecified atom stereocenters. The summed E-state index contributed by atoms with van der Waals surface area (Å²) in [4.78, 5) is 21.8. The third-order valence-corrected chi connectivity index (χ3v) is 3.49. The molecule has 0 radical (unpaired) electrons. The van der Waals surface area contributed by atoms with Crippen molar-refractivity contribution in [3.63, 3.8) is 0 Å². The van der Waals surface area contributed by atoms with Crippen LogP contribution >= 0.6 is 0 Å². The number of rotatable bonds is 14. The molecule has 4 nitrogen and oxygen atoms in total. The second-order valence-corrected chi connectivity index (χ2v) is 5.67. The maximum atomic E-state index is 11.2. The first-order valence-electron chi connectivity index (χ1n) is 8.57. The van der Waals surface area contributed by atoms with Crippen LogP contribution in [0, 0.1) is 0 Å². The molecule has 0 rings (SSSR count). The van der Waals surface area contributed by atoms with E-state index in [0.717, 1.165) is 12.8 Å². The molecule has 0 aromatic heterocycles.